The largest absolute Gasteiger partial charge is 0.289 e. The predicted octanol–water partition coefficient (Wildman–Crippen LogP) is 3.08. The van der Waals surface area contributed by atoms with Crippen molar-refractivity contribution in [3.8, 4) is 0 Å². The lowest BCUT2D eigenvalue weighted by Gasteiger charge is -2.18. The SMILES string of the molecule is CCN(CC)S(=O)(=O)c1ccc(NS(=O)(=O)c2ccc(Cl)c([N+](=O)[O-])c2)cc1. The molecule has 2 aromatic rings. The van der Waals surface area contributed by atoms with Crippen LogP contribution >= 0.6 is 11.6 Å². The van der Waals surface area contributed by atoms with Crippen LogP contribution in [-0.4, -0.2) is 39.2 Å². The summed E-state index contributed by atoms with van der Waals surface area (Å²) >= 11 is 5.69. The summed E-state index contributed by atoms with van der Waals surface area (Å²) in [6.45, 7) is 4.05. The molecule has 28 heavy (non-hydrogen) atoms. The van der Waals surface area contributed by atoms with E-state index in [0.717, 1.165) is 18.2 Å². The molecule has 2 rings (SSSR count). The second-order valence-corrected chi connectivity index (χ2v) is 9.62. The van der Waals surface area contributed by atoms with Gasteiger partial charge in [0.1, 0.15) is 5.02 Å². The van der Waals surface area contributed by atoms with Gasteiger partial charge in [-0.25, -0.2) is 16.8 Å². The summed E-state index contributed by atoms with van der Waals surface area (Å²) in [5.74, 6) is 0. The normalized spacial score (nSPS) is 12.1. The van der Waals surface area contributed by atoms with E-state index in [1.54, 1.807) is 13.8 Å². The van der Waals surface area contributed by atoms with Crippen LogP contribution < -0.4 is 4.72 Å². The van der Waals surface area contributed by atoms with Crippen molar-refractivity contribution in [2.24, 2.45) is 0 Å². The van der Waals surface area contributed by atoms with E-state index in [0.29, 0.717) is 13.1 Å². The summed E-state index contributed by atoms with van der Waals surface area (Å²) in [5.41, 5.74) is -0.429. The Balaban J connectivity index is 2.31. The number of nitrogens with zero attached hydrogens (tertiary/aromatic N) is 2. The molecule has 0 aromatic heterocycles. The number of hydrogen-bond acceptors (Lipinski definition) is 6. The van der Waals surface area contributed by atoms with Gasteiger partial charge in [-0.15, -0.1) is 0 Å². The molecule has 0 heterocycles. The number of nitrogens with one attached hydrogen (secondary N) is 1. The molecule has 0 bridgehead atoms. The summed E-state index contributed by atoms with van der Waals surface area (Å²) < 4.78 is 53.4. The quantitative estimate of drug-likeness (QED) is 0.489. The highest BCUT2D eigenvalue weighted by Crippen LogP contribution is 2.28. The van der Waals surface area contributed by atoms with Crippen molar-refractivity contribution in [2.45, 2.75) is 23.6 Å². The molecule has 152 valence electrons. The summed E-state index contributed by atoms with van der Waals surface area (Å²) in [5, 5.41) is 10.8. The number of anilines is 1. The van der Waals surface area contributed by atoms with Gasteiger partial charge in [0.2, 0.25) is 10.0 Å². The lowest BCUT2D eigenvalue weighted by Crippen LogP contribution is -2.30. The van der Waals surface area contributed by atoms with Crippen LogP contribution in [-0.2, 0) is 20.0 Å². The van der Waals surface area contributed by atoms with Crippen molar-refractivity contribution in [3.05, 3.63) is 57.6 Å². The van der Waals surface area contributed by atoms with Gasteiger partial charge in [-0.3, -0.25) is 14.8 Å². The first-order valence-electron chi connectivity index (χ1n) is 8.10. The highest BCUT2D eigenvalue weighted by atomic mass is 35.5. The first-order chi connectivity index (χ1) is 13.0. The van der Waals surface area contributed by atoms with Gasteiger partial charge >= 0.3 is 0 Å². The van der Waals surface area contributed by atoms with Gasteiger partial charge in [-0.2, -0.15) is 4.31 Å². The number of nitro benzene ring substituents is 1. The standard InChI is InChI=1S/C16H18ClN3O6S2/c1-3-19(4-2)28(25,26)13-7-5-12(6-8-13)18-27(23,24)14-9-10-15(17)16(11-14)20(21)22/h5-11,18H,3-4H2,1-2H3. The fraction of sp³-hybridized carbons (Fsp3) is 0.250. The van der Waals surface area contributed by atoms with Gasteiger partial charge in [0.25, 0.3) is 15.7 Å². The average Bonchev–Trinajstić information content (AvgIpc) is 2.62. The van der Waals surface area contributed by atoms with Crippen LogP contribution in [0.5, 0.6) is 0 Å². The van der Waals surface area contributed by atoms with Gasteiger partial charge in [-0.05, 0) is 36.4 Å². The fourth-order valence-electron chi connectivity index (χ4n) is 2.42. The maximum atomic E-state index is 12.5. The molecule has 0 unspecified atom stereocenters. The summed E-state index contributed by atoms with van der Waals surface area (Å²) in [6, 6.07) is 8.29. The number of rotatable bonds is 8. The third-order valence-corrected chi connectivity index (χ3v) is 7.64. The molecule has 0 atom stereocenters. The molecule has 0 aliphatic rings. The third kappa shape index (κ3) is 4.61. The first-order valence-corrected chi connectivity index (χ1v) is 11.4. The van der Waals surface area contributed by atoms with E-state index in [2.05, 4.69) is 4.72 Å². The third-order valence-electron chi connectivity index (χ3n) is 3.87. The zero-order valence-electron chi connectivity index (χ0n) is 15.0. The van der Waals surface area contributed by atoms with Crippen molar-refractivity contribution < 1.29 is 21.8 Å². The van der Waals surface area contributed by atoms with E-state index in [1.807, 2.05) is 0 Å². The molecule has 0 spiro atoms. The lowest BCUT2D eigenvalue weighted by molar-refractivity contribution is -0.384. The van der Waals surface area contributed by atoms with Gasteiger partial charge in [0, 0.05) is 24.8 Å². The summed E-state index contributed by atoms with van der Waals surface area (Å²) in [4.78, 5) is 9.84. The average molecular weight is 448 g/mol. The minimum absolute atomic E-state index is 0.0290. The highest BCUT2D eigenvalue weighted by Gasteiger charge is 2.23. The molecule has 9 nitrogen and oxygen atoms in total. The van der Waals surface area contributed by atoms with Crippen LogP contribution in [0, 0.1) is 10.1 Å². The Morgan fingerprint density at radius 2 is 1.54 bits per heavy atom. The van der Waals surface area contributed by atoms with E-state index in [9.17, 15) is 26.9 Å². The Morgan fingerprint density at radius 1 is 1.00 bits per heavy atom. The highest BCUT2D eigenvalue weighted by molar-refractivity contribution is 7.92. The minimum Gasteiger partial charge on any atom is -0.280 e. The molecule has 0 radical (unpaired) electrons. The molecule has 0 amide bonds. The van der Waals surface area contributed by atoms with Crippen LogP contribution in [0.3, 0.4) is 0 Å². The Bertz CT molecular complexity index is 1080. The maximum Gasteiger partial charge on any atom is 0.289 e. The number of nitro groups is 1. The van der Waals surface area contributed by atoms with Gasteiger partial charge < -0.3 is 0 Å². The Hall–Kier alpha value is -2.21. The summed E-state index contributed by atoms with van der Waals surface area (Å²) in [7, 11) is -7.80. The number of sulfonamides is 2. The molecule has 0 aliphatic carbocycles. The molecule has 12 heteroatoms. The van der Waals surface area contributed by atoms with Crippen LogP contribution in [0.2, 0.25) is 5.02 Å². The van der Waals surface area contributed by atoms with Crippen molar-refractivity contribution in [1.29, 1.82) is 0 Å². The number of hydrogen-bond donors (Lipinski definition) is 1. The van der Waals surface area contributed by atoms with Crippen molar-refractivity contribution >= 4 is 43.0 Å². The molecule has 0 aliphatic heterocycles. The molecule has 0 saturated heterocycles. The maximum absolute atomic E-state index is 12.5. The van der Waals surface area contributed by atoms with Crippen molar-refractivity contribution in [3.63, 3.8) is 0 Å². The van der Waals surface area contributed by atoms with E-state index in [1.165, 1.54) is 28.6 Å². The van der Waals surface area contributed by atoms with E-state index in [-0.39, 0.29) is 20.5 Å². The first kappa shape index (κ1) is 22.1. The van der Waals surface area contributed by atoms with E-state index in [4.69, 9.17) is 11.6 Å². The summed E-state index contributed by atoms with van der Waals surface area (Å²) in [6.07, 6.45) is 0. The molecule has 0 fully saturated rings. The molecule has 2 aromatic carbocycles. The molecular weight excluding hydrogens is 430 g/mol. The van der Waals surface area contributed by atoms with Crippen molar-refractivity contribution in [2.75, 3.05) is 17.8 Å². The molecule has 1 N–H and O–H groups in total. The Kier molecular flexibility index (Phi) is 6.65. The second-order valence-electron chi connectivity index (χ2n) is 5.59. The topological polar surface area (TPSA) is 127 Å². The van der Waals surface area contributed by atoms with Crippen LogP contribution in [0.25, 0.3) is 0 Å². The van der Waals surface area contributed by atoms with E-state index < -0.39 is 30.7 Å². The zero-order chi connectivity index (χ0) is 21.1. The zero-order valence-corrected chi connectivity index (χ0v) is 17.4. The van der Waals surface area contributed by atoms with Crippen LogP contribution in [0.1, 0.15) is 13.8 Å². The van der Waals surface area contributed by atoms with Crippen LogP contribution in [0.15, 0.2) is 52.3 Å². The Labute approximate surface area is 168 Å². The fourth-order valence-corrected chi connectivity index (χ4v) is 5.14. The molecule has 0 saturated carbocycles. The number of halogens is 1. The monoisotopic (exact) mass is 447 g/mol. The van der Waals surface area contributed by atoms with Gasteiger partial charge in [-0.1, -0.05) is 25.4 Å². The second kappa shape index (κ2) is 8.43. The van der Waals surface area contributed by atoms with Crippen molar-refractivity contribution in [1.82, 2.24) is 4.31 Å². The molecular formula is C16H18ClN3O6S2. The predicted molar refractivity (Wildman–Crippen MR) is 105 cm³/mol. The smallest absolute Gasteiger partial charge is 0.280 e. The number of benzene rings is 2. The van der Waals surface area contributed by atoms with E-state index >= 15 is 0 Å². The lowest BCUT2D eigenvalue weighted by atomic mass is 10.3. The minimum atomic E-state index is -4.13. The van der Waals surface area contributed by atoms with Gasteiger partial charge in [0.15, 0.2) is 0 Å². The Morgan fingerprint density at radius 3 is 2.04 bits per heavy atom. The van der Waals surface area contributed by atoms with Gasteiger partial charge in [0.05, 0.1) is 14.7 Å². The van der Waals surface area contributed by atoms with Crippen LogP contribution in [0.4, 0.5) is 11.4 Å².